The van der Waals surface area contributed by atoms with E-state index in [0.29, 0.717) is 18.0 Å². The predicted octanol–water partition coefficient (Wildman–Crippen LogP) is 3.88. The molecular formula is C16H24FN. The van der Waals surface area contributed by atoms with Gasteiger partial charge < -0.3 is 0 Å². The summed E-state index contributed by atoms with van der Waals surface area (Å²) in [5, 5.41) is 0. The number of benzene rings is 1. The van der Waals surface area contributed by atoms with Crippen LogP contribution >= 0.6 is 0 Å². The molecule has 1 nitrogen and oxygen atoms in total. The Labute approximate surface area is 110 Å². The van der Waals surface area contributed by atoms with Gasteiger partial charge in [-0.3, -0.25) is 4.90 Å². The second-order valence-corrected chi connectivity index (χ2v) is 6.33. The van der Waals surface area contributed by atoms with Gasteiger partial charge in [-0.05, 0) is 64.7 Å². The largest absolute Gasteiger partial charge is 0.292 e. The molecule has 0 saturated carbocycles. The lowest BCUT2D eigenvalue weighted by molar-refractivity contribution is -0.129. The van der Waals surface area contributed by atoms with Crippen molar-refractivity contribution in [1.29, 1.82) is 0 Å². The fraction of sp³-hybridized carbons (Fsp3) is 0.625. The third-order valence-corrected chi connectivity index (χ3v) is 4.52. The van der Waals surface area contributed by atoms with Gasteiger partial charge in [0.2, 0.25) is 0 Å². The van der Waals surface area contributed by atoms with Gasteiger partial charge in [-0.2, -0.15) is 0 Å². The van der Waals surface area contributed by atoms with Crippen LogP contribution in [0, 0.1) is 11.7 Å². The van der Waals surface area contributed by atoms with Crippen molar-refractivity contribution >= 4 is 0 Å². The van der Waals surface area contributed by atoms with Crippen molar-refractivity contribution in [2.75, 3.05) is 0 Å². The van der Waals surface area contributed by atoms with Crippen LogP contribution in [0.4, 0.5) is 4.39 Å². The predicted molar refractivity (Wildman–Crippen MR) is 74.1 cm³/mol. The van der Waals surface area contributed by atoms with Crippen molar-refractivity contribution in [2.24, 2.45) is 5.92 Å². The van der Waals surface area contributed by atoms with Crippen LogP contribution in [-0.4, -0.2) is 22.5 Å². The number of rotatable bonds is 3. The maximum absolute atomic E-state index is 12.9. The molecule has 0 aliphatic carbocycles. The molecule has 0 N–H and O–H groups in total. The van der Waals surface area contributed by atoms with E-state index < -0.39 is 0 Å². The minimum atomic E-state index is -0.150. The van der Waals surface area contributed by atoms with Crippen molar-refractivity contribution in [3.05, 3.63) is 35.6 Å². The van der Waals surface area contributed by atoms with Crippen molar-refractivity contribution in [3.63, 3.8) is 0 Å². The quantitative estimate of drug-likeness (QED) is 0.786. The molecular weight excluding hydrogens is 225 g/mol. The zero-order chi connectivity index (χ0) is 13.5. The summed E-state index contributed by atoms with van der Waals surface area (Å²) in [4.78, 5) is 2.57. The van der Waals surface area contributed by atoms with Crippen LogP contribution in [0.1, 0.15) is 40.2 Å². The number of hydrogen-bond acceptors (Lipinski definition) is 1. The number of halogens is 1. The summed E-state index contributed by atoms with van der Waals surface area (Å²) in [7, 11) is 0. The summed E-state index contributed by atoms with van der Waals surface area (Å²) in [6.45, 7) is 11.5. The minimum absolute atomic E-state index is 0.150. The van der Waals surface area contributed by atoms with Gasteiger partial charge in [0.1, 0.15) is 5.82 Å². The summed E-state index contributed by atoms with van der Waals surface area (Å²) >= 11 is 0. The Morgan fingerprint density at radius 1 is 1.22 bits per heavy atom. The second-order valence-electron chi connectivity index (χ2n) is 6.33. The maximum Gasteiger partial charge on any atom is 0.123 e. The highest BCUT2D eigenvalue weighted by molar-refractivity contribution is 5.20. The summed E-state index contributed by atoms with van der Waals surface area (Å²) in [5.74, 6) is 0.494. The minimum Gasteiger partial charge on any atom is -0.292 e. The molecule has 1 aliphatic heterocycles. The van der Waals surface area contributed by atoms with Crippen LogP contribution in [0.2, 0.25) is 0 Å². The lowest BCUT2D eigenvalue weighted by Crippen LogP contribution is -2.71. The Bertz CT molecular complexity index is 408. The molecule has 1 saturated heterocycles. The van der Waals surface area contributed by atoms with E-state index in [4.69, 9.17) is 0 Å². The fourth-order valence-electron chi connectivity index (χ4n) is 3.85. The summed E-state index contributed by atoms with van der Waals surface area (Å²) in [6.07, 6.45) is 1.04. The smallest absolute Gasteiger partial charge is 0.123 e. The average Bonchev–Trinajstić information content (AvgIpc) is 2.27. The summed E-state index contributed by atoms with van der Waals surface area (Å²) in [5.41, 5.74) is 1.48. The van der Waals surface area contributed by atoms with Crippen LogP contribution in [-0.2, 0) is 6.42 Å². The zero-order valence-corrected chi connectivity index (χ0v) is 12.1. The fourth-order valence-corrected chi connectivity index (χ4v) is 3.85. The van der Waals surface area contributed by atoms with Gasteiger partial charge in [0.05, 0.1) is 0 Å². The molecule has 0 radical (unpaired) electrons. The highest BCUT2D eigenvalue weighted by Crippen LogP contribution is 2.45. The Hall–Kier alpha value is -0.890. The Morgan fingerprint density at radius 3 is 2.22 bits per heavy atom. The highest BCUT2D eigenvalue weighted by atomic mass is 19.1. The van der Waals surface area contributed by atoms with E-state index in [1.807, 2.05) is 12.1 Å². The molecule has 2 heteroatoms. The molecule has 1 aliphatic rings. The molecule has 0 amide bonds. The molecule has 2 atom stereocenters. The first kappa shape index (κ1) is 13.5. The summed E-state index contributed by atoms with van der Waals surface area (Å²) < 4.78 is 12.9. The molecule has 2 rings (SSSR count). The SMILES string of the molecule is CC(C)N1C(C)C(Cc2ccc(F)cc2)C1(C)C. The first-order valence-corrected chi connectivity index (χ1v) is 6.87. The lowest BCUT2D eigenvalue weighted by Gasteiger charge is -2.63. The third-order valence-electron chi connectivity index (χ3n) is 4.52. The van der Waals surface area contributed by atoms with E-state index in [0.717, 1.165) is 6.42 Å². The van der Waals surface area contributed by atoms with Gasteiger partial charge in [-0.15, -0.1) is 0 Å². The van der Waals surface area contributed by atoms with E-state index in [9.17, 15) is 4.39 Å². The van der Waals surface area contributed by atoms with Crippen LogP contribution in [0.25, 0.3) is 0 Å². The maximum atomic E-state index is 12.9. The van der Waals surface area contributed by atoms with Gasteiger partial charge in [0.15, 0.2) is 0 Å². The second kappa shape index (κ2) is 4.65. The highest BCUT2D eigenvalue weighted by Gasteiger charge is 2.52. The Kier molecular flexibility index (Phi) is 3.50. The van der Waals surface area contributed by atoms with Gasteiger partial charge in [0, 0.05) is 17.6 Å². The lowest BCUT2D eigenvalue weighted by atomic mass is 9.67. The van der Waals surface area contributed by atoms with Crippen LogP contribution in [0.15, 0.2) is 24.3 Å². The molecule has 100 valence electrons. The van der Waals surface area contributed by atoms with Crippen molar-refractivity contribution in [1.82, 2.24) is 4.90 Å². The van der Waals surface area contributed by atoms with Crippen molar-refractivity contribution in [3.8, 4) is 0 Å². The molecule has 1 heterocycles. The Balaban J connectivity index is 2.09. The first-order chi connectivity index (χ1) is 8.34. The van der Waals surface area contributed by atoms with Gasteiger partial charge >= 0.3 is 0 Å². The standard InChI is InChI=1S/C16H24FN/c1-11(2)18-12(3)15(16(18,4)5)10-13-6-8-14(17)9-7-13/h6-9,11-12,15H,10H2,1-5H3. The molecule has 18 heavy (non-hydrogen) atoms. The molecule has 1 aromatic rings. The number of nitrogens with zero attached hydrogens (tertiary/aromatic N) is 1. The average molecular weight is 249 g/mol. The zero-order valence-electron chi connectivity index (χ0n) is 12.1. The van der Waals surface area contributed by atoms with Gasteiger partial charge in [0.25, 0.3) is 0 Å². The monoisotopic (exact) mass is 249 g/mol. The van der Waals surface area contributed by atoms with E-state index >= 15 is 0 Å². The van der Waals surface area contributed by atoms with Crippen LogP contribution < -0.4 is 0 Å². The normalized spacial score (nSPS) is 27.3. The molecule has 2 unspecified atom stereocenters. The van der Waals surface area contributed by atoms with E-state index in [1.54, 1.807) is 12.1 Å². The first-order valence-electron chi connectivity index (χ1n) is 6.87. The number of hydrogen-bond donors (Lipinski definition) is 0. The Morgan fingerprint density at radius 2 is 1.78 bits per heavy atom. The van der Waals surface area contributed by atoms with E-state index in [1.165, 1.54) is 5.56 Å². The van der Waals surface area contributed by atoms with E-state index in [-0.39, 0.29) is 11.4 Å². The van der Waals surface area contributed by atoms with Crippen molar-refractivity contribution in [2.45, 2.75) is 58.7 Å². The topological polar surface area (TPSA) is 3.24 Å². The van der Waals surface area contributed by atoms with Crippen molar-refractivity contribution < 1.29 is 4.39 Å². The van der Waals surface area contributed by atoms with Gasteiger partial charge in [-0.25, -0.2) is 4.39 Å². The van der Waals surface area contributed by atoms with Gasteiger partial charge in [-0.1, -0.05) is 12.1 Å². The number of likely N-dealkylation sites (tertiary alicyclic amines) is 1. The molecule has 0 spiro atoms. The summed E-state index contributed by atoms with van der Waals surface area (Å²) in [6, 6.07) is 8.13. The molecule has 1 aromatic carbocycles. The van der Waals surface area contributed by atoms with E-state index in [2.05, 4.69) is 39.5 Å². The molecule has 0 aromatic heterocycles. The van der Waals surface area contributed by atoms with Crippen LogP contribution in [0.5, 0.6) is 0 Å². The third kappa shape index (κ3) is 2.18. The molecule has 0 bridgehead atoms. The van der Waals surface area contributed by atoms with Crippen LogP contribution in [0.3, 0.4) is 0 Å². The molecule has 1 fully saturated rings.